The quantitative estimate of drug-likeness (QED) is 0.869. The summed E-state index contributed by atoms with van der Waals surface area (Å²) >= 11 is 5.92. The Hall–Kier alpha value is -1.02. The topological polar surface area (TPSA) is 29.1 Å². The van der Waals surface area contributed by atoms with Crippen LogP contribution in [0.15, 0.2) is 24.3 Å². The Bertz CT molecular complexity index is 460. The highest BCUT2D eigenvalue weighted by Crippen LogP contribution is 2.47. The summed E-state index contributed by atoms with van der Waals surface area (Å²) in [5, 5.41) is 3.88. The molecule has 1 aliphatic carbocycles. The monoisotopic (exact) mass is 279 g/mol. The fraction of sp³-hybridized carbons (Fsp3) is 0.562. The molecule has 0 bridgehead atoms. The van der Waals surface area contributed by atoms with Crippen LogP contribution in [0.1, 0.15) is 45.6 Å². The first-order chi connectivity index (χ1) is 8.89. The lowest BCUT2D eigenvalue weighted by Gasteiger charge is -2.24. The van der Waals surface area contributed by atoms with Gasteiger partial charge in [0.2, 0.25) is 5.91 Å². The second-order valence-electron chi connectivity index (χ2n) is 6.21. The molecule has 1 aliphatic rings. The smallest absolute Gasteiger partial charge is 0.225 e. The first kappa shape index (κ1) is 14.4. The van der Waals surface area contributed by atoms with E-state index in [2.05, 4.69) is 17.4 Å². The average molecular weight is 280 g/mol. The normalized spacial score (nSPS) is 17.1. The van der Waals surface area contributed by atoms with Crippen molar-refractivity contribution in [2.24, 2.45) is 5.41 Å². The molecule has 0 spiro atoms. The molecule has 2 rings (SSSR count). The highest BCUT2D eigenvalue weighted by atomic mass is 35.5. The number of nitrogens with one attached hydrogen (secondary N) is 1. The molecule has 19 heavy (non-hydrogen) atoms. The first-order valence-corrected chi connectivity index (χ1v) is 7.32. The number of rotatable bonds is 5. The van der Waals surface area contributed by atoms with Gasteiger partial charge in [-0.25, -0.2) is 0 Å². The predicted molar refractivity (Wildman–Crippen MR) is 79.4 cm³/mol. The van der Waals surface area contributed by atoms with Crippen molar-refractivity contribution in [2.75, 3.05) is 6.54 Å². The van der Waals surface area contributed by atoms with Crippen LogP contribution in [0.3, 0.4) is 0 Å². The molecular weight excluding hydrogens is 258 g/mol. The van der Waals surface area contributed by atoms with E-state index in [1.165, 1.54) is 5.56 Å². The molecule has 0 unspecified atom stereocenters. The maximum absolute atomic E-state index is 12.1. The summed E-state index contributed by atoms with van der Waals surface area (Å²) in [6, 6.07) is 8.00. The van der Waals surface area contributed by atoms with Gasteiger partial charge in [0.15, 0.2) is 0 Å². The molecule has 0 radical (unpaired) electrons. The van der Waals surface area contributed by atoms with Crippen LogP contribution in [0.4, 0.5) is 0 Å². The summed E-state index contributed by atoms with van der Waals surface area (Å²) in [4.78, 5) is 12.1. The molecule has 1 saturated carbocycles. The average Bonchev–Trinajstić information content (AvgIpc) is 3.18. The molecule has 0 aliphatic heterocycles. The predicted octanol–water partition coefficient (Wildman–Crippen LogP) is 3.92. The Labute approximate surface area is 120 Å². The van der Waals surface area contributed by atoms with Crippen molar-refractivity contribution in [1.82, 2.24) is 5.32 Å². The lowest BCUT2D eigenvalue weighted by molar-refractivity contribution is -0.129. The zero-order chi connectivity index (χ0) is 14.1. The maximum Gasteiger partial charge on any atom is 0.225 e. The van der Waals surface area contributed by atoms with Gasteiger partial charge < -0.3 is 5.32 Å². The summed E-state index contributed by atoms with van der Waals surface area (Å²) < 4.78 is 0. The SMILES string of the molecule is CCC(C)(C)C(=O)NCC1(c2ccc(Cl)cc2)CC1. The van der Waals surface area contributed by atoms with Crippen molar-refractivity contribution in [3.63, 3.8) is 0 Å². The van der Waals surface area contributed by atoms with Crippen molar-refractivity contribution in [3.8, 4) is 0 Å². The van der Waals surface area contributed by atoms with Gasteiger partial charge in [0.1, 0.15) is 0 Å². The van der Waals surface area contributed by atoms with Crippen molar-refractivity contribution < 1.29 is 4.79 Å². The van der Waals surface area contributed by atoms with E-state index in [4.69, 9.17) is 11.6 Å². The minimum Gasteiger partial charge on any atom is -0.355 e. The van der Waals surface area contributed by atoms with Crippen LogP contribution in [-0.2, 0) is 10.2 Å². The maximum atomic E-state index is 12.1. The van der Waals surface area contributed by atoms with Crippen molar-refractivity contribution in [3.05, 3.63) is 34.9 Å². The number of hydrogen-bond acceptors (Lipinski definition) is 1. The van der Waals surface area contributed by atoms with E-state index in [0.29, 0.717) is 0 Å². The molecule has 2 nitrogen and oxygen atoms in total. The van der Waals surface area contributed by atoms with Crippen molar-refractivity contribution in [2.45, 2.75) is 45.4 Å². The molecular formula is C16H22ClNO. The van der Waals surface area contributed by atoms with Gasteiger partial charge in [-0.15, -0.1) is 0 Å². The fourth-order valence-electron chi connectivity index (χ4n) is 2.17. The second-order valence-corrected chi connectivity index (χ2v) is 6.64. The second kappa shape index (κ2) is 5.16. The zero-order valence-corrected chi connectivity index (χ0v) is 12.7. The van der Waals surface area contributed by atoms with Crippen LogP contribution in [0.5, 0.6) is 0 Å². The summed E-state index contributed by atoms with van der Waals surface area (Å²) in [7, 11) is 0. The van der Waals surface area contributed by atoms with Gasteiger partial charge in [-0.1, -0.05) is 44.5 Å². The summed E-state index contributed by atoms with van der Waals surface area (Å²) in [5.41, 5.74) is 1.15. The van der Waals surface area contributed by atoms with E-state index in [1.54, 1.807) is 0 Å². The van der Waals surface area contributed by atoms with Gasteiger partial charge in [-0.05, 0) is 37.0 Å². The van der Waals surface area contributed by atoms with Crippen LogP contribution in [0.2, 0.25) is 5.02 Å². The third-order valence-electron chi connectivity index (χ3n) is 4.40. The zero-order valence-electron chi connectivity index (χ0n) is 11.9. The number of benzene rings is 1. The molecule has 3 heteroatoms. The van der Waals surface area contributed by atoms with Crippen LogP contribution < -0.4 is 5.32 Å². The summed E-state index contributed by atoms with van der Waals surface area (Å²) in [6.07, 6.45) is 3.13. The van der Waals surface area contributed by atoms with E-state index in [0.717, 1.165) is 30.8 Å². The number of amides is 1. The van der Waals surface area contributed by atoms with Crippen LogP contribution in [0.25, 0.3) is 0 Å². The van der Waals surface area contributed by atoms with Gasteiger partial charge in [0.05, 0.1) is 0 Å². The van der Waals surface area contributed by atoms with Gasteiger partial charge in [0.25, 0.3) is 0 Å². The minimum atomic E-state index is -0.282. The van der Waals surface area contributed by atoms with Gasteiger partial charge >= 0.3 is 0 Å². The number of hydrogen-bond donors (Lipinski definition) is 1. The van der Waals surface area contributed by atoms with E-state index >= 15 is 0 Å². The van der Waals surface area contributed by atoms with Crippen molar-refractivity contribution in [1.29, 1.82) is 0 Å². The number of carbonyl (C=O) groups excluding carboxylic acids is 1. The van der Waals surface area contributed by atoms with Gasteiger partial charge in [-0.2, -0.15) is 0 Å². The van der Waals surface area contributed by atoms with E-state index in [-0.39, 0.29) is 16.7 Å². The number of halogens is 1. The summed E-state index contributed by atoms with van der Waals surface area (Å²) in [5.74, 6) is 0.148. The molecule has 0 atom stereocenters. The highest BCUT2D eigenvalue weighted by Gasteiger charge is 2.44. The molecule has 1 N–H and O–H groups in total. The first-order valence-electron chi connectivity index (χ1n) is 6.94. The Morgan fingerprint density at radius 1 is 1.32 bits per heavy atom. The molecule has 1 aromatic rings. The Morgan fingerprint density at radius 2 is 1.89 bits per heavy atom. The third-order valence-corrected chi connectivity index (χ3v) is 4.65. The Balaban J connectivity index is 2.00. The lowest BCUT2D eigenvalue weighted by atomic mass is 9.88. The van der Waals surface area contributed by atoms with E-state index in [1.807, 2.05) is 32.9 Å². The molecule has 1 amide bonds. The Kier molecular flexibility index (Phi) is 3.91. The highest BCUT2D eigenvalue weighted by molar-refractivity contribution is 6.30. The Morgan fingerprint density at radius 3 is 2.37 bits per heavy atom. The van der Waals surface area contributed by atoms with E-state index in [9.17, 15) is 4.79 Å². The van der Waals surface area contributed by atoms with E-state index < -0.39 is 0 Å². The van der Waals surface area contributed by atoms with Crippen LogP contribution in [-0.4, -0.2) is 12.5 Å². The molecule has 1 fully saturated rings. The third kappa shape index (κ3) is 3.11. The summed E-state index contributed by atoms with van der Waals surface area (Å²) in [6.45, 7) is 6.76. The fourth-order valence-corrected chi connectivity index (χ4v) is 2.30. The molecule has 1 aromatic carbocycles. The molecule has 0 saturated heterocycles. The molecule has 0 heterocycles. The van der Waals surface area contributed by atoms with Crippen LogP contribution >= 0.6 is 11.6 Å². The minimum absolute atomic E-state index is 0.143. The molecule has 104 valence electrons. The molecule has 0 aromatic heterocycles. The lowest BCUT2D eigenvalue weighted by Crippen LogP contribution is -2.40. The number of carbonyl (C=O) groups is 1. The van der Waals surface area contributed by atoms with Crippen LogP contribution in [0, 0.1) is 5.41 Å². The van der Waals surface area contributed by atoms with Crippen molar-refractivity contribution >= 4 is 17.5 Å². The largest absolute Gasteiger partial charge is 0.355 e. The van der Waals surface area contributed by atoms with Gasteiger partial charge in [0, 0.05) is 22.4 Å². The van der Waals surface area contributed by atoms with Gasteiger partial charge in [-0.3, -0.25) is 4.79 Å². The standard InChI is InChI=1S/C16H22ClNO/c1-4-15(2,3)14(19)18-11-16(9-10-16)12-5-7-13(17)8-6-12/h5-8H,4,9-11H2,1-3H3,(H,18,19).